The van der Waals surface area contributed by atoms with Gasteiger partial charge in [0.25, 0.3) is 0 Å². The third-order valence-corrected chi connectivity index (χ3v) is 6.73. The summed E-state index contributed by atoms with van der Waals surface area (Å²) in [6.07, 6.45) is 9.39. The van der Waals surface area contributed by atoms with Crippen molar-refractivity contribution in [3.63, 3.8) is 0 Å². The van der Waals surface area contributed by atoms with Gasteiger partial charge in [-0.05, 0) is 36.1 Å². The molecule has 3 unspecified atom stereocenters. The minimum Gasteiger partial charge on any atom is -0.0548 e. The second-order valence-electron chi connectivity index (χ2n) is 6.17. The van der Waals surface area contributed by atoms with Crippen LogP contribution in [0.1, 0.15) is 40.0 Å². The Morgan fingerprint density at radius 3 is 2.08 bits per heavy atom. The normalized spacial score (nSPS) is 47.5. The summed E-state index contributed by atoms with van der Waals surface area (Å²) in [5, 5.41) is 0.985. The van der Waals surface area contributed by atoms with Crippen LogP contribution in [0.2, 0.25) is 0 Å². The maximum absolute atomic E-state index is 2.54. The fraction of sp³-hybridized carbons (Fsp3) is 1.00. The highest BCUT2D eigenvalue weighted by Gasteiger charge is 2.64. The van der Waals surface area contributed by atoms with Crippen LogP contribution in [0.15, 0.2) is 0 Å². The predicted molar refractivity (Wildman–Crippen MR) is 62.2 cm³/mol. The lowest BCUT2D eigenvalue weighted by Gasteiger charge is -2.39. The molecule has 2 fully saturated rings. The standard InChI is InChI=1S/C12H23S/c1-11(2)9-6-7-12(3,8-9)10(11)13(4)5/h9-10H,6-8H2,1-5H3/q+1. The van der Waals surface area contributed by atoms with E-state index in [9.17, 15) is 0 Å². The number of hydrogen-bond acceptors (Lipinski definition) is 0. The molecule has 2 aliphatic rings. The number of hydrogen-bond donors (Lipinski definition) is 0. The van der Waals surface area contributed by atoms with Gasteiger partial charge in [0.1, 0.15) is 5.25 Å². The minimum absolute atomic E-state index is 0.601. The molecule has 3 atom stereocenters. The molecule has 0 aromatic carbocycles. The molecule has 0 aliphatic heterocycles. The van der Waals surface area contributed by atoms with Gasteiger partial charge < -0.3 is 0 Å². The average Bonchev–Trinajstić information content (AvgIpc) is 2.36. The highest BCUT2D eigenvalue weighted by Crippen LogP contribution is 2.64. The SMILES string of the molecule is C[S+](C)C1C2(C)CCC(C2)C1(C)C. The molecule has 2 saturated carbocycles. The van der Waals surface area contributed by atoms with Crippen LogP contribution in [0.25, 0.3) is 0 Å². The molecule has 1 heteroatoms. The largest absolute Gasteiger partial charge is 0.128 e. The van der Waals surface area contributed by atoms with E-state index in [4.69, 9.17) is 0 Å². The van der Waals surface area contributed by atoms with Gasteiger partial charge in [0.05, 0.1) is 12.5 Å². The first kappa shape index (κ1) is 9.89. The van der Waals surface area contributed by atoms with Crippen molar-refractivity contribution < 1.29 is 0 Å². The van der Waals surface area contributed by atoms with E-state index in [1.807, 2.05) is 0 Å². The lowest BCUT2D eigenvalue weighted by Crippen LogP contribution is -2.45. The van der Waals surface area contributed by atoms with Crippen molar-refractivity contribution in [2.45, 2.75) is 45.3 Å². The Labute approximate surface area is 85.8 Å². The molecule has 2 bridgehead atoms. The molecule has 13 heavy (non-hydrogen) atoms. The molecule has 0 saturated heterocycles. The fourth-order valence-corrected chi connectivity index (χ4v) is 7.19. The van der Waals surface area contributed by atoms with Crippen LogP contribution < -0.4 is 0 Å². The van der Waals surface area contributed by atoms with Crippen LogP contribution in [0, 0.1) is 16.7 Å². The molecule has 0 radical (unpaired) electrons. The molecule has 76 valence electrons. The fourth-order valence-electron chi connectivity index (χ4n) is 4.43. The summed E-state index contributed by atoms with van der Waals surface area (Å²) in [7, 11) is 0.601. The van der Waals surface area contributed by atoms with Gasteiger partial charge >= 0.3 is 0 Å². The summed E-state index contributed by atoms with van der Waals surface area (Å²) in [4.78, 5) is 0. The van der Waals surface area contributed by atoms with Gasteiger partial charge in [0.15, 0.2) is 0 Å². The molecule has 0 aromatic heterocycles. The van der Waals surface area contributed by atoms with E-state index in [1.165, 1.54) is 19.3 Å². The van der Waals surface area contributed by atoms with Gasteiger partial charge in [-0.3, -0.25) is 0 Å². The Hall–Kier alpha value is 0.350. The molecular formula is C12H23S+. The minimum atomic E-state index is 0.601. The first-order valence-corrected chi connectivity index (χ1v) is 7.55. The molecular weight excluding hydrogens is 176 g/mol. The predicted octanol–water partition coefficient (Wildman–Crippen LogP) is 3.08. The number of rotatable bonds is 1. The average molecular weight is 199 g/mol. The lowest BCUT2D eigenvalue weighted by molar-refractivity contribution is 0.193. The molecule has 2 aliphatic carbocycles. The maximum atomic E-state index is 2.54. The van der Waals surface area contributed by atoms with E-state index in [0.29, 0.717) is 21.7 Å². The van der Waals surface area contributed by atoms with Crippen molar-refractivity contribution in [3.05, 3.63) is 0 Å². The Kier molecular flexibility index (Phi) is 2.04. The quantitative estimate of drug-likeness (QED) is 0.569. The van der Waals surface area contributed by atoms with Gasteiger partial charge in [-0.1, -0.05) is 20.8 Å². The van der Waals surface area contributed by atoms with E-state index in [1.54, 1.807) is 0 Å². The Morgan fingerprint density at radius 1 is 1.15 bits per heavy atom. The van der Waals surface area contributed by atoms with Crippen LogP contribution in [0.4, 0.5) is 0 Å². The van der Waals surface area contributed by atoms with Crippen molar-refractivity contribution in [1.82, 2.24) is 0 Å². The molecule has 2 rings (SSSR count). The monoisotopic (exact) mass is 199 g/mol. The molecule has 0 amide bonds. The van der Waals surface area contributed by atoms with Crippen LogP contribution in [0.3, 0.4) is 0 Å². The third kappa shape index (κ3) is 1.19. The maximum Gasteiger partial charge on any atom is 0.128 e. The van der Waals surface area contributed by atoms with E-state index >= 15 is 0 Å². The highest BCUT2D eigenvalue weighted by atomic mass is 32.2. The van der Waals surface area contributed by atoms with E-state index in [0.717, 1.165) is 11.2 Å². The van der Waals surface area contributed by atoms with Crippen molar-refractivity contribution in [2.24, 2.45) is 16.7 Å². The van der Waals surface area contributed by atoms with Gasteiger partial charge in [-0.15, -0.1) is 0 Å². The zero-order chi connectivity index (χ0) is 9.85. The van der Waals surface area contributed by atoms with Gasteiger partial charge in [-0.25, -0.2) is 0 Å². The van der Waals surface area contributed by atoms with Crippen molar-refractivity contribution in [3.8, 4) is 0 Å². The van der Waals surface area contributed by atoms with Crippen LogP contribution in [0.5, 0.6) is 0 Å². The van der Waals surface area contributed by atoms with Gasteiger partial charge in [0, 0.05) is 10.8 Å². The summed E-state index contributed by atoms with van der Waals surface area (Å²) in [5.41, 5.74) is 1.32. The summed E-state index contributed by atoms with van der Waals surface area (Å²) in [6.45, 7) is 7.57. The molecule has 0 spiro atoms. The van der Waals surface area contributed by atoms with E-state index in [2.05, 4.69) is 33.3 Å². The van der Waals surface area contributed by atoms with Crippen molar-refractivity contribution in [2.75, 3.05) is 12.5 Å². The summed E-state index contributed by atoms with van der Waals surface area (Å²) < 4.78 is 0. The first-order valence-electron chi connectivity index (χ1n) is 5.44. The summed E-state index contributed by atoms with van der Waals surface area (Å²) >= 11 is 0. The highest BCUT2D eigenvalue weighted by molar-refractivity contribution is 7.96. The second-order valence-corrected chi connectivity index (χ2v) is 8.41. The van der Waals surface area contributed by atoms with E-state index in [-0.39, 0.29) is 0 Å². The molecule has 0 aromatic rings. The Bertz CT molecular complexity index is 214. The zero-order valence-corrected chi connectivity index (χ0v) is 10.5. The van der Waals surface area contributed by atoms with Crippen molar-refractivity contribution >= 4 is 10.9 Å². The Balaban J connectivity index is 2.34. The topological polar surface area (TPSA) is 0 Å². The zero-order valence-electron chi connectivity index (χ0n) is 9.68. The number of fused-ring (bicyclic) bond motifs is 2. The molecule has 0 heterocycles. The molecule has 0 nitrogen and oxygen atoms in total. The van der Waals surface area contributed by atoms with Crippen LogP contribution in [-0.4, -0.2) is 17.8 Å². The van der Waals surface area contributed by atoms with Crippen molar-refractivity contribution in [1.29, 1.82) is 0 Å². The second kappa shape index (κ2) is 2.68. The summed E-state index contributed by atoms with van der Waals surface area (Å²) in [6, 6.07) is 0. The Morgan fingerprint density at radius 2 is 1.77 bits per heavy atom. The lowest BCUT2D eigenvalue weighted by atomic mass is 9.72. The summed E-state index contributed by atoms with van der Waals surface area (Å²) in [5.74, 6) is 1.03. The van der Waals surface area contributed by atoms with Gasteiger partial charge in [-0.2, -0.15) is 0 Å². The van der Waals surface area contributed by atoms with Gasteiger partial charge in [0.2, 0.25) is 0 Å². The first-order chi connectivity index (χ1) is 5.88. The molecule has 0 N–H and O–H groups in total. The van der Waals surface area contributed by atoms with E-state index < -0.39 is 0 Å². The van der Waals surface area contributed by atoms with Crippen LogP contribution >= 0.6 is 0 Å². The third-order valence-electron chi connectivity index (χ3n) is 4.61. The van der Waals surface area contributed by atoms with Crippen LogP contribution in [-0.2, 0) is 10.9 Å². The smallest absolute Gasteiger partial charge is 0.0548 e.